The standard InChI is InChI=1S/C20H18ClN5O5/c1-3-31-19-16(26(28)29)9-13(10-17(19)30-2)11-22-24-15-12-23-25(20(27)18(15)21)14-7-5-4-6-8-14/h4-12,24H,3H2,1-2H3/b22-11-. The van der Waals surface area contributed by atoms with Crippen LogP contribution in [0, 0.1) is 10.1 Å². The van der Waals surface area contributed by atoms with Gasteiger partial charge >= 0.3 is 5.69 Å². The number of aromatic nitrogens is 2. The Kier molecular flexibility index (Phi) is 6.83. The summed E-state index contributed by atoms with van der Waals surface area (Å²) in [6, 6.07) is 11.7. The molecule has 1 aromatic heterocycles. The van der Waals surface area contributed by atoms with Gasteiger partial charge in [-0.1, -0.05) is 29.8 Å². The second-order valence-electron chi connectivity index (χ2n) is 6.06. The van der Waals surface area contributed by atoms with Crippen molar-refractivity contribution in [2.75, 3.05) is 19.1 Å². The van der Waals surface area contributed by atoms with Crippen LogP contribution in [0.4, 0.5) is 11.4 Å². The average molecular weight is 444 g/mol. The molecule has 0 radical (unpaired) electrons. The van der Waals surface area contributed by atoms with Crippen LogP contribution in [0.25, 0.3) is 5.69 Å². The van der Waals surface area contributed by atoms with Gasteiger partial charge in [0.2, 0.25) is 5.75 Å². The van der Waals surface area contributed by atoms with Crippen LogP contribution < -0.4 is 20.5 Å². The summed E-state index contributed by atoms with van der Waals surface area (Å²) in [5.41, 5.74) is 2.97. The van der Waals surface area contributed by atoms with Crippen molar-refractivity contribution in [3.8, 4) is 17.2 Å². The summed E-state index contributed by atoms with van der Waals surface area (Å²) < 4.78 is 11.7. The van der Waals surface area contributed by atoms with Crippen molar-refractivity contribution in [1.82, 2.24) is 9.78 Å². The number of nitro benzene ring substituents is 1. The summed E-state index contributed by atoms with van der Waals surface area (Å²) in [6.45, 7) is 1.96. The predicted molar refractivity (Wildman–Crippen MR) is 117 cm³/mol. The third kappa shape index (κ3) is 4.81. The Hall–Kier alpha value is -3.92. The van der Waals surface area contributed by atoms with Gasteiger partial charge in [-0.25, -0.2) is 0 Å². The Balaban J connectivity index is 1.87. The van der Waals surface area contributed by atoms with Gasteiger partial charge in [-0.05, 0) is 25.1 Å². The number of hydrazone groups is 1. The normalized spacial score (nSPS) is 10.8. The van der Waals surface area contributed by atoms with Gasteiger partial charge in [-0.15, -0.1) is 0 Å². The van der Waals surface area contributed by atoms with E-state index in [1.807, 2.05) is 6.07 Å². The Morgan fingerprint density at radius 3 is 2.71 bits per heavy atom. The SMILES string of the molecule is CCOc1c(OC)cc(/C=N\Nc2cnn(-c3ccccc3)c(=O)c2Cl)cc1[N+](=O)[O-]. The molecule has 31 heavy (non-hydrogen) atoms. The molecule has 0 spiro atoms. The van der Waals surface area contributed by atoms with Gasteiger partial charge in [-0.3, -0.25) is 20.3 Å². The molecule has 0 bridgehead atoms. The van der Waals surface area contributed by atoms with Gasteiger partial charge < -0.3 is 9.47 Å². The Morgan fingerprint density at radius 1 is 1.32 bits per heavy atom. The molecule has 160 valence electrons. The molecule has 0 fully saturated rings. The predicted octanol–water partition coefficient (Wildman–Crippen LogP) is 3.65. The van der Waals surface area contributed by atoms with Crippen molar-refractivity contribution >= 4 is 29.2 Å². The van der Waals surface area contributed by atoms with Gasteiger partial charge in [0, 0.05) is 11.6 Å². The van der Waals surface area contributed by atoms with Crippen LogP contribution in [0.3, 0.4) is 0 Å². The van der Waals surface area contributed by atoms with Crippen molar-refractivity contribution < 1.29 is 14.4 Å². The summed E-state index contributed by atoms with van der Waals surface area (Å²) in [7, 11) is 1.38. The maximum atomic E-state index is 12.5. The molecular formula is C20H18ClN5O5. The maximum absolute atomic E-state index is 12.5. The molecule has 0 saturated carbocycles. The molecule has 10 nitrogen and oxygen atoms in total. The molecule has 3 rings (SSSR count). The number of nitrogens with one attached hydrogen (secondary N) is 1. The molecule has 3 aromatic rings. The van der Waals surface area contributed by atoms with Crippen molar-refractivity contribution in [3.05, 3.63) is 79.7 Å². The van der Waals surface area contributed by atoms with Crippen molar-refractivity contribution in [3.63, 3.8) is 0 Å². The first-order valence-electron chi connectivity index (χ1n) is 9.07. The van der Waals surface area contributed by atoms with E-state index < -0.39 is 10.5 Å². The zero-order valence-corrected chi connectivity index (χ0v) is 17.4. The summed E-state index contributed by atoms with van der Waals surface area (Å²) in [4.78, 5) is 23.3. The molecule has 0 aliphatic heterocycles. The minimum absolute atomic E-state index is 0.0388. The Bertz CT molecular complexity index is 1180. The lowest BCUT2D eigenvalue weighted by Gasteiger charge is -2.10. The van der Waals surface area contributed by atoms with E-state index in [1.165, 1.54) is 31.7 Å². The van der Waals surface area contributed by atoms with E-state index in [0.29, 0.717) is 11.3 Å². The molecule has 0 amide bonds. The second kappa shape index (κ2) is 9.72. The number of hydrogen-bond acceptors (Lipinski definition) is 8. The van der Waals surface area contributed by atoms with Crippen LogP contribution in [0.5, 0.6) is 11.5 Å². The Morgan fingerprint density at radius 2 is 2.06 bits per heavy atom. The second-order valence-corrected chi connectivity index (χ2v) is 6.43. The van der Waals surface area contributed by atoms with Crippen LogP contribution in [0.15, 0.2) is 58.6 Å². The van der Waals surface area contributed by atoms with E-state index in [-0.39, 0.29) is 34.5 Å². The van der Waals surface area contributed by atoms with E-state index >= 15 is 0 Å². The molecule has 0 aliphatic rings. The molecule has 0 aliphatic carbocycles. The molecule has 2 aromatic carbocycles. The first kappa shape index (κ1) is 21.8. The fourth-order valence-electron chi connectivity index (χ4n) is 2.70. The number of methoxy groups -OCH3 is 1. The third-order valence-electron chi connectivity index (χ3n) is 4.08. The lowest BCUT2D eigenvalue weighted by atomic mass is 10.2. The summed E-state index contributed by atoms with van der Waals surface area (Å²) >= 11 is 6.16. The molecule has 1 N–H and O–H groups in total. The van der Waals surface area contributed by atoms with Crippen molar-refractivity contribution in [2.24, 2.45) is 5.10 Å². The highest BCUT2D eigenvalue weighted by Gasteiger charge is 2.21. The van der Waals surface area contributed by atoms with Gasteiger partial charge in [0.15, 0.2) is 5.75 Å². The van der Waals surface area contributed by atoms with E-state index in [2.05, 4.69) is 15.6 Å². The third-order valence-corrected chi connectivity index (χ3v) is 4.45. The lowest BCUT2D eigenvalue weighted by Crippen LogP contribution is -2.22. The number of para-hydroxylation sites is 1. The monoisotopic (exact) mass is 443 g/mol. The highest BCUT2D eigenvalue weighted by atomic mass is 35.5. The van der Waals surface area contributed by atoms with Gasteiger partial charge in [0.25, 0.3) is 5.56 Å². The largest absolute Gasteiger partial charge is 0.493 e. The molecule has 0 unspecified atom stereocenters. The van der Waals surface area contributed by atoms with Crippen LogP contribution >= 0.6 is 11.6 Å². The topological polar surface area (TPSA) is 121 Å². The molecular weight excluding hydrogens is 426 g/mol. The molecule has 0 saturated heterocycles. The van der Waals surface area contributed by atoms with Gasteiger partial charge in [-0.2, -0.15) is 14.9 Å². The smallest absolute Gasteiger partial charge is 0.315 e. The van der Waals surface area contributed by atoms with E-state index in [0.717, 1.165) is 4.68 Å². The van der Waals surface area contributed by atoms with E-state index in [1.54, 1.807) is 31.2 Å². The fraction of sp³-hybridized carbons (Fsp3) is 0.150. The number of hydrogen-bond donors (Lipinski definition) is 1. The molecule has 11 heteroatoms. The minimum Gasteiger partial charge on any atom is -0.493 e. The quantitative estimate of drug-likeness (QED) is 0.320. The number of halogens is 1. The first-order chi connectivity index (χ1) is 15.0. The molecule has 0 atom stereocenters. The van der Waals surface area contributed by atoms with Crippen molar-refractivity contribution in [2.45, 2.75) is 6.92 Å². The maximum Gasteiger partial charge on any atom is 0.315 e. The Labute approximate surface area is 181 Å². The number of rotatable bonds is 8. The zero-order chi connectivity index (χ0) is 22.4. The summed E-state index contributed by atoms with van der Waals surface area (Å²) in [5.74, 6) is 0.236. The number of anilines is 1. The minimum atomic E-state index is -0.567. The van der Waals surface area contributed by atoms with Gasteiger partial charge in [0.05, 0.1) is 36.7 Å². The molecule has 1 heterocycles. The summed E-state index contributed by atoms with van der Waals surface area (Å²) in [6.07, 6.45) is 2.68. The van der Waals surface area contributed by atoms with E-state index in [9.17, 15) is 14.9 Å². The highest BCUT2D eigenvalue weighted by molar-refractivity contribution is 6.32. The van der Waals surface area contributed by atoms with E-state index in [4.69, 9.17) is 21.1 Å². The van der Waals surface area contributed by atoms with Crippen LogP contribution in [0.2, 0.25) is 5.02 Å². The zero-order valence-electron chi connectivity index (χ0n) is 16.6. The van der Waals surface area contributed by atoms with Crippen LogP contribution in [-0.4, -0.2) is 34.6 Å². The van der Waals surface area contributed by atoms with Crippen LogP contribution in [0.1, 0.15) is 12.5 Å². The summed E-state index contributed by atoms with van der Waals surface area (Å²) in [5, 5.41) is 19.4. The average Bonchev–Trinajstić information content (AvgIpc) is 2.78. The fourth-order valence-corrected chi connectivity index (χ4v) is 2.87. The highest BCUT2D eigenvalue weighted by Crippen LogP contribution is 2.37. The number of nitrogens with zero attached hydrogens (tertiary/aromatic N) is 4. The number of benzene rings is 2. The number of nitro groups is 1. The van der Waals surface area contributed by atoms with Gasteiger partial charge in [0.1, 0.15) is 10.7 Å². The lowest BCUT2D eigenvalue weighted by molar-refractivity contribution is -0.385. The van der Waals surface area contributed by atoms with Crippen molar-refractivity contribution in [1.29, 1.82) is 0 Å². The van der Waals surface area contributed by atoms with Crippen LogP contribution in [-0.2, 0) is 0 Å². The first-order valence-corrected chi connectivity index (χ1v) is 9.45. The number of ether oxygens (including phenoxy) is 2.